The van der Waals surface area contributed by atoms with Crippen molar-refractivity contribution in [1.82, 2.24) is 5.32 Å². The molecule has 0 bridgehead atoms. The molecule has 0 spiro atoms. The van der Waals surface area contributed by atoms with Gasteiger partial charge in [-0.3, -0.25) is 0 Å². The van der Waals surface area contributed by atoms with Gasteiger partial charge in [-0.05, 0) is 42.5 Å². The van der Waals surface area contributed by atoms with Gasteiger partial charge in [0.15, 0.2) is 0 Å². The summed E-state index contributed by atoms with van der Waals surface area (Å²) in [6.07, 6.45) is 5.41. The average molecular weight is 326 g/mol. The lowest BCUT2D eigenvalue weighted by Gasteiger charge is -2.14. The van der Waals surface area contributed by atoms with E-state index in [1.165, 1.54) is 31.2 Å². The molecule has 106 valence electrons. The highest BCUT2D eigenvalue weighted by Gasteiger charge is 2.15. The van der Waals surface area contributed by atoms with Gasteiger partial charge in [0.1, 0.15) is 5.75 Å². The molecule has 0 saturated heterocycles. The maximum Gasteiger partial charge on any atom is 0.119 e. The summed E-state index contributed by atoms with van der Waals surface area (Å²) in [5.41, 5.74) is 1.26. The molecule has 2 rings (SSSR count). The second-order valence-electron chi connectivity index (χ2n) is 5.75. The van der Waals surface area contributed by atoms with Gasteiger partial charge in [-0.15, -0.1) is 0 Å². The number of nitrogens with one attached hydrogen (secondary N) is 1. The van der Waals surface area contributed by atoms with Gasteiger partial charge in [-0.2, -0.15) is 0 Å². The van der Waals surface area contributed by atoms with Crippen molar-refractivity contribution in [2.45, 2.75) is 52.1 Å². The molecule has 1 N–H and O–H groups in total. The van der Waals surface area contributed by atoms with Crippen LogP contribution in [0.4, 0.5) is 0 Å². The molecule has 1 aliphatic rings. The minimum atomic E-state index is 0.495. The molecule has 19 heavy (non-hydrogen) atoms. The average Bonchev–Trinajstić information content (AvgIpc) is 2.89. The number of halogens is 1. The van der Waals surface area contributed by atoms with Crippen LogP contribution < -0.4 is 10.1 Å². The molecule has 3 heteroatoms. The Morgan fingerprint density at radius 1 is 1.32 bits per heavy atom. The van der Waals surface area contributed by atoms with E-state index >= 15 is 0 Å². The van der Waals surface area contributed by atoms with Gasteiger partial charge in [-0.25, -0.2) is 0 Å². The molecule has 1 aliphatic carbocycles. The smallest absolute Gasteiger partial charge is 0.119 e. The SMILES string of the molecule is CC(C)NCc1cc(OCC2CCCC2)ccc1Br. The van der Waals surface area contributed by atoms with E-state index < -0.39 is 0 Å². The van der Waals surface area contributed by atoms with E-state index in [0.29, 0.717) is 6.04 Å². The zero-order chi connectivity index (χ0) is 13.7. The highest BCUT2D eigenvalue weighted by Crippen LogP contribution is 2.27. The van der Waals surface area contributed by atoms with Gasteiger partial charge in [-0.1, -0.05) is 42.6 Å². The van der Waals surface area contributed by atoms with Crippen molar-refractivity contribution in [3.63, 3.8) is 0 Å². The Kier molecular flexibility index (Phi) is 5.71. The van der Waals surface area contributed by atoms with Crippen molar-refractivity contribution >= 4 is 15.9 Å². The Morgan fingerprint density at radius 2 is 2.05 bits per heavy atom. The van der Waals surface area contributed by atoms with Crippen LogP contribution in [-0.2, 0) is 6.54 Å². The molecule has 1 aromatic carbocycles. The zero-order valence-corrected chi connectivity index (χ0v) is 13.5. The minimum Gasteiger partial charge on any atom is -0.493 e. The van der Waals surface area contributed by atoms with Crippen molar-refractivity contribution in [3.8, 4) is 5.75 Å². The largest absolute Gasteiger partial charge is 0.493 e. The predicted octanol–water partition coefficient (Wildman–Crippen LogP) is 4.52. The van der Waals surface area contributed by atoms with Crippen molar-refractivity contribution in [2.24, 2.45) is 5.92 Å². The molecule has 0 atom stereocenters. The van der Waals surface area contributed by atoms with Crippen LogP contribution in [-0.4, -0.2) is 12.6 Å². The normalized spacial score (nSPS) is 16.2. The molecule has 0 radical (unpaired) electrons. The summed E-state index contributed by atoms with van der Waals surface area (Å²) in [4.78, 5) is 0. The third-order valence-electron chi connectivity index (χ3n) is 3.68. The lowest BCUT2D eigenvalue weighted by Crippen LogP contribution is -2.22. The molecule has 1 aromatic rings. The first-order valence-corrected chi connectivity index (χ1v) is 8.09. The quantitative estimate of drug-likeness (QED) is 0.830. The monoisotopic (exact) mass is 325 g/mol. The van der Waals surface area contributed by atoms with Crippen LogP contribution in [0.15, 0.2) is 22.7 Å². The highest BCUT2D eigenvalue weighted by atomic mass is 79.9. The summed E-state index contributed by atoms with van der Waals surface area (Å²) in [5, 5.41) is 3.44. The van der Waals surface area contributed by atoms with E-state index in [2.05, 4.69) is 53.3 Å². The maximum atomic E-state index is 5.94. The second kappa shape index (κ2) is 7.30. The van der Waals surface area contributed by atoms with E-state index in [9.17, 15) is 0 Å². The van der Waals surface area contributed by atoms with Gasteiger partial charge in [0, 0.05) is 17.1 Å². The summed E-state index contributed by atoms with van der Waals surface area (Å²) < 4.78 is 7.09. The predicted molar refractivity (Wildman–Crippen MR) is 83.6 cm³/mol. The minimum absolute atomic E-state index is 0.495. The second-order valence-corrected chi connectivity index (χ2v) is 6.60. The first-order chi connectivity index (χ1) is 9.15. The molecular formula is C16H24BrNO. The molecule has 0 aromatic heterocycles. The Hall–Kier alpha value is -0.540. The van der Waals surface area contributed by atoms with E-state index in [1.54, 1.807) is 0 Å². The lowest BCUT2D eigenvalue weighted by molar-refractivity contribution is 0.252. The van der Waals surface area contributed by atoms with Crippen LogP contribution in [0.1, 0.15) is 45.1 Å². The molecule has 0 aliphatic heterocycles. The number of hydrogen-bond acceptors (Lipinski definition) is 2. The summed E-state index contributed by atoms with van der Waals surface area (Å²) in [5.74, 6) is 1.76. The topological polar surface area (TPSA) is 21.3 Å². The summed E-state index contributed by atoms with van der Waals surface area (Å²) in [6.45, 7) is 6.07. The Labute approximate surface area is 125 Å². The number of ether oxygens (including phenoxy) is 1. The molecule has 2 nitrogen and oxygen atoms in total. The summed E-state index contributed by atoms with van der Waals surface area (Å²) in [6, 6.07) is 6.78. The fraction of sp³-hybridized carbons (Fsp3) is 0.625. The highest BCUT2D eigenvalue weighted by molar-refractivity contribution is 9.10. The van der Waals surface area contributed by atoms with E-state index in [0.717, 1.165) is 29.3 Å². The van der Waals surface area contributed by atoms with E-state index in [4.69, 9.17) is 4.74 Å². The van der Waals surface area contributed by atoms with Crippen molar-refractivity contribution in [3.05, 3.63) is 28.2 Å². The third kappa shape index (κ3) is 4.81. The first-order valence-electron chi connectivity index (χ1n) is 7.30. The first kappa shape index (κ1) is 14.9. The van der Waals surface area contributed by atoms with Gasteiger partial charge in [0.2, 0.25) is 0 Å². The van der Waals surface area contributed by atoms with Crippen LogP contribution in [0.5, 0.6) is 5.75 Å². The van der Waals surface area contributed by atoms with Crippen LogP contribution in [0.2, 0.25) is 0 Å². The zero-order valence-electron chi connectivity index (χ0n) is 11.9. The molecule has 0 heterocycles. The Morgan fingerprint density at radius 3 is 2.74 bits per heavy atom. The molecule has 0 amide bonds. The van der Waals surface area contributed by atoms with Crippen molar-refractivity contribution in [2.75, 3.05) is 6.61 Å². The van der Waals surface area contributed by atoms with E-state index in [1.807, 2.05) is 0 Å². The van der Waals surface area contributed by atoms with Crippen molar-refractivity contribution < 1.29 is 4.74 Å². The maximum absolute atomic E-state index is 5.94. The lowest BCUT2D eigenvalue weighted by atomic mass is 10.1. The Balaban J connectivity index is 1.91. The molecule has 1 fully saturated rings. The Bertz CT molecular complexity index is 400. The van der Waals surface area contributed by atoms with Gasteiger partial charge in [0.05, 0.1) is 6.61 Å². The number of rotatable bonds is 6. The van der Waals surface area contributed by atoms with Crippen molar-refractivity contribution in [1.29, 1.82) is 0 Å². The van der Waals surface area contributed by atoms with Gasteiger partial charge >= 0.3 is 0 Å². The molecular weight excluding hydrogens is 302 g/mol. The summed E-state index contributed by atoms with van der Waals surface area (Å²) in [7, 11) is 0. The third-order valence-corrected chi connectivity index (χ3v) is 4.45. The van der Waals surface area contributed by atoms with Gasteiger partial charge in [0.25, 0.3) is 0 Å². The molecule has 1 saturated carbocycles. The fourth-order valence-corrected chi connectivity index (χ4v) is 2.87. The fourth-order valence-electron chi connectivity index (χ4n) is 2.48. The van der Waals surface area contributed by atoms with Gasteiger partial charge < -0.3 is 10.1 Å². The molecule has 0 unspecified atom stereocenters. The van der Waals surface area contributed by atoms with Crippen LogP contribution >= 0.6 is 15.9 Å². The van der Waals surface area contributed by atoms with E-state index in [-0.39, 0.29) is 0 Å². The standard InChI is InChI=1S/C16H24BrNO/c1-12(2)18-10-14-9-15(7-8-16(14)17)19-11-13-5-3-4-6-13/h7-9,12-13,18H,3-6,10-11H2,1-2H3. The van der Waals surface area contributed by atoms with Crippen LogP contribution in [0.25, 0.3) is 0 Å². The summed E-state index contributed by atoms with van der Waals surface area (Å²) >= 11 is 3.60. The number of hydrogen-bond donors (Lipinski definition) is 1. The number of benzene rings is 1. The van der Waals surface area contributed by atoms with Crippen LogP contribution in [0.3, 0.4) is 0 Å². The van der Waals surface area contributed by atoms with Crippen LogP contribution in [0, 0.1) is 5.92 Å².